The van der Waals surface area contributed by atoms with Gasteiger partial charge in [0.15, 0.2) is 5.13 Å². The molecule has 1 unspecified atom stereocenters. The number of carbonyl (C=O) groups is 2. The van der Waals surface area contributed by atoms with Crippen molar-refractivity contribution in [3.63, 3.8) is 0 Å². The molecular formula is C21H25N3O4S. The van der Waals surface area contributed by atoms with E-state index in [0.717, 1.165) is 11.1 Å². The Morgan fingerprint density at radius 1 is 1.45 bits per heavy atom. The Morgan fingerprint density at radius 2 is 2.28 bits per heavy atom. The molecule has 2 atom stereocenters. The van der Waals surface area contributed by atoms with Crippen molar-refractivity contribution in [2.45, 2.75) is 38.2 Å². The zero-order chi connectivity index (χ0) is 20.4. The summed E-state index contributed by atoms with van der Waals surface area (Å²) in [5.41, 5.74) is 1.76. The van der Waals surface area contributed by atoms with E-state index in [2.05, 4.69) is 10.3 Å². The Balaban J connectivity index is 1.42. The van der Waals surface area contributed by atoms with Crippen molar-refractivity contribution in [2.75, 3.05) is 25.0 Å². The molecule has 4 rings (SSSR count). The van der Waals surface area contributed by atoms with Gasteiger partial charge in [-0.25, -0.2) is 4.98 Å². The number of hydrogen-bond donors (Lipinski definition) is 2. The summed E-state index contributed by atoms with van der Waals surface area (Å²) in [5.74, 6) is 1.02. The fraction of sp³-hybridized carbons (Fsp3) is 0.476. The number of benzene rings is 1. The van der Waals surface area contributed by atoms with Crippen LogP contribution in [0.2, 0.25) is 0 Å². The van der Waals surface area contributed by atoms with Gasteiger partial charge in [0, 0.05) is 36.0 Å². The molecule has 29 heavy (non-hydrogen) atoms. The fourth-order valence-corrected chi connectivity index (χ4v) is 4.08. The van der Waals surface area contributed by atoms with Crippen molar-refractivity contribution in [2.24, 2.45) is 5.92 Å². The Kier molecular flexibility index (Phi) is 5.82. The molecule has 0 radical (unpaired) electrons. The topological polar surface area (TPSA) is 91.8 Å². The highest BCUT2D eigenvalue weighted by Gasteiger charge is 2.32. The van der Waals surface area contributed by atoms with Crippen molar-refractivity contribution < 1.29 is 19.4 Å². The van der Waals surface area contributed by atoms with E-state index in [-0.39, 0.29) is 24.3 Å². The molecule has 2 heterocycles. The van der Waals surface area contributed by atoms with E-state index in [1.807, 2.05) is 18.2 Å². The van der Waals surface area contributed by atoms with Gasteiger partial charge in [-0.15, -0.1) is 11.3 Å². The van der Waals surface area contributed by atoms with Gasteiger partial charge in [0.2, 0.25) is 11.8 Å². The molecule has 154 valence electrons. The summed E-state index contributed by atoms with van der Waals surface area (Å²) in [6.45, 7) is 2.89. The third-order valence-corrected chi connectivity index (χ3v) is 6.05. The average molecular weight is 416 g/mol. The summed E-state index contributed by atoms with van der Waals surface area (Å²) < 4.78 is 5.97. The Labute approximate surface area is 173 Å². The molecule has 2 fully saturated rings. The van der Waals surface area contributed by atoms with Gasteiger partial charge in [-0.05, 0) is 37.3 Å². The number of thiazole rings is 1. The standard InChI is InChI=1S/C21H25N3O4S/c1-13(25)17-5-4-15(8-18(17)28-12-14-2-3-14)16-9-20(27)24(10-16)11-19(26)23-21-22-6-7-29-21/h4-8,13-14,16,25H,2-3,9-12H2,1H3,(H,22,23,26)/t13?,16-/m1/s1. The quantitative estimate of drug-likeness (QED) is 0.692. The highest BCUT2D eigenvalue weighted by molar-refractivity contribution is 7.13. The molecule has 7 nitrogen and oxygen atoms in total. The number of likely N-dealkylation sites (tertiary alicyclic amines) is 1. The Morgan fingerprint density at radius 3 is 2.97 bits per heavy atom. The SMILES string of the molecule is CC(O)c1ccc([C@@H]2CC(=O)N(CC(=O)Nc3nccs3)C2)cc1OCC1CC1. The normalized spacial score (nSPS) is 20.0. The lowest BCUT2D eigenvalue weighted by Crippen LogP contribution is -2.34. The van der Waals surface area contributed by atoms with Gasteiger partial charge < -0.3 is 20.1 Å². The molecule has 2 aliphatic rings. The number of hydrogen-bond acceptors (Lipinski definition) is 6. The smallest absolute Gasteiger partial charge is 0.245 e. The monoisotopic (exact) mass is 415 g/mol. The minimum absolute atomic E-state index is 0.00138. The highest BCUT2D eigenvalue weighted by atomic mass is 32.1. The first-order chi connectivity index (χ1) is 14.0. The Bertz CT molecular complexity index is 880. The molecular weight excluding hydrogens is 390 g/mol. The third kappa shape index (κ3) is 4.94. The first kappa shape index (κ1) is 19.8. The maximum atomic E-state index is 12.4. The summed E-state index contributed by atoms with van der Waals surface area (Å²) in [6, 6.07) is 5.77. The van der Waals surface area contributed by atoms with Crippen molar-refractivity contribution in [3.8, 4) is 5.75 Å². The van der Waals surface area contributed by atoms with E-state index in [0.29, 0.717) is 36.4 Å². The minimum atomic E-state index is -0.616. The van der Waals surface area contributed by atoms with Gasteiger partial charge in [-0.2, -0.15) is 0 Å². The second-order valence-corrected chi connectivity index (χ2v) is 8.68. The maximum Gasteiger partial charge on any atom is 0.245 e. The molecule has 2 aromatic rings. The number of rotatable bonds is 8. The number of carbonyl (C=O) groups excluding carboxylic acids is 2. The molecule has 1 aliphatic heterocycles. The maximum absolute atomic E-state index is 12.4. The highest BCUT2D eigenvalue weighted by Crippen LogP contribution is 2.36. The average Bonchev–Trinajstić information content (AvgIpc) is 3.26. The number of nitrogens with zero attached hydrogens (tertiary/aromatic N) is 2. The van der Waals surface area contributed by atoms with E-state index in [9.17, 15) is 14.7 Å². The van der Waals surface area contributed by atoms with E-state index >= 15 is 0 Å². The van der Waals surface area contributed by atoms with Crippen molar-refractivity contribution in [1.29, 1.82) is 0 Å². The van der Waals surface area contributed by atoms with Crippen LogP contribution >= 0.6 is 11.3 Å². The van der Waals surface area contributed by atoms with Crippen molar-refractivity contribution >= 4 is 28.3 Å². The molecule has 0 spiro atoms. The van der Waals surface area contributed by atoms with Crippen LogP contribution in [0, 0.1) is 5.92 Å². The zero-order valence-corrected chi connectivity index (χ0v) is 17.2. The summed E-state index contributed by atoms with van der Waals surface area (Å²) >= 11 is 1.34. The number of nitrogens with one attached hydrogen (secondary N) is 1. The van der Waals surface area contributed by atoms with Crippen LogP contribution < -0.4 is 10.1 Å². The largest absolute Gasteiger partial charge is 0.493 e. The van der Waals surface area contributed by atoms with Crippen LogP contribution in [-0.2, 0) is 9.59 Å². The molecule has 1 aromatic carbocycles. The summed E-state index contributed by atoms with van der Waals surface area (Å²) in [7, 11) is 0. The molecule has 2 amide bonds. The van der Waals surface area contributed by atoms with Crippen LogP contribution in [0.4, 0.5) is 5.13 Å². The lowest BCUT2D eigenvalue weighted by Gasteiger charge is -2.18. The molecule has 1 aromatic heterocycles. The number of aromatic nitrogens is 1. The minimum Gasteiger partial charge on any atom is -0.493 e. The first-order valence-corrected chi connectivity index (χ1v) is 10.8. The number of amides is 2. The van der Waals surface area contributed by atoms with E-state index in [4.69, 9.17) is 4.74 Å². The van der Waals surface area contributed by atoms with Crippen LogP contribution in [0.15, 0.2) is 29.8 Å². The molecule has 2 N–H and O–H groups in total. The Hall–Kier alpha value is -2.45. The predicted octanol–water partition coefficient (Wildman–Crippen LogP) is 2.94. The fourth-order valence-electron chi connectivity index (χ4n) is 3.53. The van der Waals surface area contributed by atoms with Crippen LogP contribution in [0.5, 0.6) is 5.75 Å². The van der Waals surface area contributed by atoms with Gasteiger partial charge in [-0.3, -0.25) is 9.59 Å². The number of aliphatic hydroxyl groups excluding tert-OH is 1. The van der Waals surface area contributed by atoms with Gasteiger partial charge in [0.05, 0.1) is 19.3 Å². The van der Waals surface area contributed by atoms with Crippen molar-refractivity contribution in [3.05, 3.63) is 40.9 Å². The van der Waals surface area contributed by atoms with Crippen LogP contribution in [0.25, 0.3) is 0 Å². The van der Waals surface area contributed by atoms with Crippen LogP contribution in [0.3, 0.4) is 0 Å². The first-order valence-electron chi connectivity index (χ1n) is 9.91. The number of ether oxygens (including phenoxy) is 1. The predicted molar refractivity (Wildman–Crippen MR) is 110 cm³/mol. The van der Waals surface area contributed by atoms with E-state index in [1.54, 1.807) is 23.4 Å². The molecule has 1 aliphatic carbocycles. The molecule has 1 saturated heterocycles. The lowest BCUT2D eigenvalue weighted by atomic mass is 9.95. The zero-order valence-electron chi connectivity index (χ0n) is 16.3. The lowest BCUT2D eigenvalue weighted by molar-refractivity contribution is -0.131. The number of anilines is 1. The van der Waals surface area contributed by atoms with E-state index < -0.39 is 6.10 Å². The van der Waals surface area contributed by atoms with Gasteiger partial charge in [0.25, 0.3) is 0 Å². The molecule has 1 saturated carbocycles. The summed E-state index contributed by atoms with van der Waals surface area (Å²) in [5, 5.41) is 15.1. The van der Waals surface area contributed by atoms with Gasteiger partial charge in [-0.1, -0.05) is 12.1 Å². The molecule has 0 bridgehead atoms. The van der Waals surface area contributed by atoms with E-state index in [1.165, 1.54) is 24.2 Å². The second-order valence-electron chi connectivity index (χ2n) is 7.79. The summed E-state index contributed by atoms with van der Waals surface area (Å²) in [6.07, 6.45) is 3.75. The van der Waals surface area contributed by atoms with Crippen molar-refractivity contribution in [1.82, 2.24) is 9.88 Å². The third-order valence-electron chi connectivity index (χ3n) is 5.36. The molecule has 8 heteroatoms. The summed E-state index contributed by atoms with van der Waals surface area (Å²) in [4.78, 5) is 30.3. The van der Waals surface area contributed by atoms with Crippen LogP contribution in [0.1, 0.15) is 49.3 Å². The van der Waals surface area contributed by atoms with Gasteiger partial charge >= 0.3 is 0 Å². The van der Waals surface area contributed by atoms with Gasteiger partial charge in [0.1, 0.15) is 5.75 Å². The second kappa shape index (κ2) is 8.51. The van der Waals surface area contributed by atoms with Crippen LogP contribution in [-0.4, -0.2) is 46.5 Å². The number of aliphatic hydroxyl groups is 1.